The fourth-order valence-corrected chi connectivity index (χ4v) is 4.37. The lowest BCUT2D eigenvalue weighted by Crippen LogP contribution is -2.25. The lowest BCUT2D eigenvalue weighted by Gasteiger charge is -2.10. The van der Waals surface area contributed by atoms with E-state index in [-0.39, 0.29) is 10.6 Å². The average molecular weight is 372 g/mol. The molecule has 0 amide bonds. The third-order valence-corrected chi connectivity index (χ3v) is 4.77. The van der Waals surface area contributed by atoms with Gasteiger partial charge in [0.1, 0.15) is 4.90 Å². The van der Waals surface area contributed by atoms with Crippen LogP contribution in [0.3, 0.4) is 0 Å². The predicted molar refractivity (Wildman–Crippen MR) is 71.7 cm³/mol. The molecule has 0 aliphatic heterocycles. The zero-order valence-corrected chi connectivity index (χ0v) is 12.6. The number of nitrogens with two attached hydrogens (primary N) is 1. The minimum Gasteiger partial charge on any atom is -0.398 e. The van der Waals surface area contributed by atoms with E-state index in [1.807, 2.05) is 6.92 Å². The van der Waals surface area contributed by atoms with Crippen molar-refractivity contribution in [1.82, 2.24) is 4.72 Å². The van der Waals surface area contributed by atoms with E-state index in [1.54, 1.807) is 12.1 Å². The van der Waals surface area contributed by atoms with Crippen LogP contribution in [0.25, 0.3) is 0 Å². The van der Waals surface area contributed by atoms with Gasteiger partial charge in [0, 0.05) is 15.5 Å². The van der Waals surface area contributed by atoms with E-state index < -0.39 is 10.0 Å². The highest BCUT2D eigenvalue weighted by atomic mass is 79.9. The average Bonchev–Trinajstić information content (AvgIpc) is 2.12. The van der Waals surface area contributed by atoms with Crippen LogP contribution in [0.1, 0.15) is 13.3 Å². The number of hydrogen-bond donors (Lipinski definition) is 2. The number of nitrogen functional groups attached to an aromatic ring is 1. The highest BCUT2D eigenvalue weighted by Gasteiger charge is 2.20. The number of hydrogen-bond acceptors (Lipinski definition) is 3. The fourth-order valence-electron chi connectivity index (χ4n) is 1.17. The molecule has 1 rings (SSSR count). The third-order valence-electron chi connectivity index (χ3n) is 1.85. The molecule has 90 valence electrons. The lowest BCUT2D eigenvalue weighted by molar-refractivity contribution is 0.580. The van der Waals surface area contributed by atoms with Crippen molar-refractivity contribution >= 4 is 47.6 Å². The molecule has 0 saturated heterocycles. The number of sulfonamides is 1. The summed E-state index contributed by atoms with van der Waals surface area (Å²) in [5.41, 5.74) is 5.91. The molecule has 0 aromatic heterocycles. The summed E-state index contributed by atoms with van der Waals surface area (Å²) < 4.78 is 27.5. The zero-order chi connectivity index (χ0) is 12.3. The van der Waals surface area contributed by atoms with E-state index in [0.29, 0.717) is 11.0 Å². The monoisotopic (exact) mass is 370 g/mol. The Kier molecular flexibility index (Phi) is 4.78. The molecule has 4 nitrogen and oxygen atoms in total. The van der Waals surface area contributed by atoms with Crippen LogP contribution in [0, 0.1) is 0 Å². The summed E-state index contributed by atoms with van der Waals surface area (Å²) in [6, 6.07) is 3.21. The number of nitrogens with one attached hydrogen (secondary N) is 1. The quantitative estimate of drug-likeness (QED) is 0.798. The predicted octanol–water partition coefficient (Wildman–Crippen LogP) is 2.48. The molecular weight excluding hydrogens is 360 g/mol. The van der Waals surface area contributed by atoms with Gasteiger partial charge in [-0.05, 0) is 34.5 Å². The first-order chi connectivity index (χ1) is 7.38. The molecule has 1 aromatic rings. The summed E-state index contributed by atoms with van der Waals surface area (Å²) in [5, 5.41) is 0. The second kappa shape index (κ2) is 5.48. The number of benzene rings is 1. The van der Waals surface area contributed by atoms with Crippen LogP contribution in [-0.2, 0) is 10.0 Å². The van der Waals surface area contributed by atoms with Crippen LogP contribution < -0.4 is 10.5 Å². The van der Waals surface area contributed by atoms with Crippen LogP contribution in [0.2, 0.25) is 0 Å². The van der Waals surface area contributed by atoms with Gasteiger partial charge in [-0.15, -0.1) is 0 Å². The maximum Gasteiger partial charge on any atom is 0.243 e. The summed E-state index contributed by atoms with van der Waals surface area (Å²) in [6.07, 6.45) is 0.729. The molecule has 7 heteroatoms. The van der Waals surface area contributed by atoms with E-state index in [9.17, 15) is 8.42 Å². The first kappa shape index (κ1) is 14.0. The van der Waals surface area contributed by atoms with Crippen LogP contribution in [-0.4, -0.2) is 15.0 Å². The lowest BCUT2D eigenvalue weighted by atomic mass is 10.3. The van der Waals surface area contributed by atoms with Gasteiger partial charge in [-0.2, -0.15) is 0 Å². The highest BCUT2D eigenvalue weighted by molar-refractivity contribution is 9.11. The van der Waals surface area contributed by atoms with Crippen molar-refractivity contribution in [2.45, 2.75) is 18.2 Å². The molecule has 0 aliphatic rings. The number of anilines is 1. The van der Waals surface area contributed by atoms with E-state index in [2.05, 4.69) is 36.6 Å². The molecule has 0 aliphatic carbocycles. The van der Waals surface area contributed by atoms with Crippen LogP contribution >= 0.6 is 31.9 Å². The Labute approximate surface area is 112 Å². The normalized spacial score (nSPS) is 11.7. The van der Waals surface area contributed by atoms with Gasteiger partial charge in [-0.1, -0.05) is 22.9 Å². The second-order valence-electron chi connectivity index (χ2n) is 3.20. The van der Waals surface area contributed by atoms with Crippen molar-refractivity contribution in [2.24, 2.45) is 0 Å². The molecule has 0 atom stereocenters. The van der Waals surface area contributed by atoms with Gasteiger partial charge in [-0.25, -0.2) is 13.1 Å². The Morgan fingerprint density at radius 1 is 1.38 bits per heavy atom. The zero-order valence-electron chi connectivity index (χ0n) is 8.63. The smallest absolute Gasteiger partial charge is 0.243 e. The minimum atomic E-state index is -3.54. The fraction of sp³-hybridized carbons (Fsp3) is 0.333. The van der Waals surface area contributed by atoms with Gasteiger partial charge in [0.05, 0.1) is 5.69 Å². The Balaban J connectivity index is 3.23. The van der Waals surface area contributed by atoms with Gasteiger partial charge < -0.3 is 5.73 Å². The van der Waals surface area contributed by atoms with Gasteiger partial charge in [0.2, 0.25) is 10.0 Å². The Bertz CT molecular complexity index is 465. The van der Waals surface area contributed by atoms with Crippen molar-refractivity contribution in [2.75, 3.05) is 12.3 Å². The van der Waals surface area contributed by atoms with Crippen molar-refractivity contribution < 1.29 is 8.42 Å². The topological polar surface area (TPSA) is 72.2 Å². The summed E-state index contributed by atoms with van der Waals surface area (Å²) in [7, 11) is -3.54. The Morgan fingerprint density at radius 3 is 2.50 bits per heavy atom. The van der Waals surface area contributed by atoms with Crippen molar-refractivity contribution in [3.05, 3.63) is 21.1 Å². The third kappa shape index (κ3) is 3.19. The van der Waals surface area contributed by atoms with Gasteiger partial charge in [0.25, 0.3) is 0 Å². The molecule has 0 saturated carbocycles. The van der Waals surface area contributed by atoms with E-state index in [0.717, 1.165) is 10.9 Å². The summed E-state index contributed by atoms with van der Waals surface area (Å²) in [6.45, 7) is 2.28. The van der Waals surface area contributed by atoms with Crippen molar-refractivity contribution in [3.8, 4) is 0 Å². The van der Waals surface area contributed by atoms with Crippen molar-refractivity contribution in [1.29, 1.82) is 0 Å². The second-order valence-corrected chi connectivity index (χ2v) is 6.68. The van der Waals surface area contributed by atoms with Crippen LogP contribution in [0.4, 0.5) is 5.69 Å². The maximum absolute atomic E-state index is 11.9. The minimum absolute atomic E-state index is 0.0872. The SMILES string of the molecule is CCCNS(=O)(=O)c1c(N)cc(Br)cc1Br. The summed E-state index contributed by atoms with van der Waals surface area (Å²) in [4.78, 5) is 0.0872. The summed E-state index contributed by atoms with van der Waals surface area (Å²) in [5.74, 6) is 0. The number of rotatable bonds is 4. The molecule has 0 fully saturated rings. The van der Waals surface area contributed by atoms with Crippen LogP contribution in [0.5, 0.6) is 0 Å². The first-order valence-electron chi connectivity index (χ1n) is 4.62. The van der Waals surface area contributed by atoms with Gasteiger partial charge >= 0.3 is 0 Å². The van der Waals surface area contributed by atoms with Crippen LogP contribution in [0.15, 0.2) is 26.0 Å². The molecular formula is C9H12Br2N2O2S. The summed E-state index contributed by atoms with van der Waals surface area (Å²) >= 11 is 6.44. The number of halogens is 2. The van der Waals surface area contributed by atoms with E-state index in [4.69, 9.17) is 5.73 Å². The van der Waals surface area contributed by atoms with Gasteiger partial charge in [-0.3, -0.25) is 0 Å². The molecule has 3 N–H and O–H groups in total. The molecule has 0 radical (unpaired) electrons. The Hall–Kier alpha value is -0.110. The standard InChI is InChI=1S/C9H12Br2N2O2S/c1-2-3-13-16(14,15)9-7(11)4-6(10)5-8(9)12/h4-5,13H,2-3,12H2,1H3. The molecule has 0 heterocycles. The largest absolute Gasteiger partial charge is 0.398 e. The Morgan fingerprint density at radius 2 is 2.00 bits per heavy atom. The molecule has 0 bridgehead atoms. The van der Waals surface area contributed by atoms with E-state index >= 15 is 0 Å². The first-order valence-corrected chi connectivity index (χ1v) is 7.69. The van der Waals surface area contributed by atoms with Gasteiger partial charge in [0.15, 0.2) is 0 Å². The molecule has 0 spiro atoms. The van der Waals surface area contributed by atoms with E-state index in [1.165, 1.54) is 0 Å². The molecule has 0 unspecified atom stereocenters. The molecule has 16 heavy (non-hydrogen) atoms. The highest BCUT2D eigenvalue weighted by Crippen LogP contribution is 2.31. The maximum atomic E-state index is 11.9. The van der Waals surface area contributed by atoms with Crippen molar-refractivity contribution in [3.63, 3.8) is 0 Å². The molecule has 1 aromatic carbocycles.